The van der Waals surface area contributed by atoms with Crippen molar-refractivity contribution < 1.29 is 4.74 Å². The summed E-state index contributed by atoms with van der Waals surface area (Å²) in [6.45, 7) is 12.8. The van der Waals surface area contributed by atoms with Gasteiger partial charge in [-0.25, -0.2) is 4.98 Å². The van der Waals surface area contributed by atoms with Gasteiger partial charge < -0.3 is 4.74 Å². The van der Waals surface area contributed by atoms with Crippen LogP contribution in [0.4, 0.5) is 0 Å². The fourth-order valence-corrected chi connectivity index (χ4v) is 2.21. The van der Waals surface area contributed by atoms with Gasteiger partial charge in [-0.2, -0.15) is 4.98 Å². The van der Waals surface area contributed by atoms with E-state index in [4.69, 9.17) is 9.72 Å². The lowest BCUT2D eigenvalue weighted by molar-refractivity contribution is 0.132. The molecular weight excluding hydrogens is 212 g/mol. The maximum Gasteiger partial charge on any atom is 0.220 e. The fourth-order valence-electron chi connectivity index (χ4n) is 2.21. The molecule has 0 spiro atoms. The van der Waals surface area contributed by atoms with E-state index in [0.717, 1.165) is 23.8 Å². The van der Waals surface area contributed by atoms with E-state index in [9.17, 15) is 0 Å². The van der Waals surface area contributed by atoms with Crippen molar-refractivity contribution in [1.82, 2.24) is 9.97 Å². The molecule has 2 rings (SSSR count). The highest BCUT2D eigenvalue weighted by Crippen LogP contribution is 2.37. The van der Waals surface area contributed by atoms with Crippen LogP contribution < -0.4 is 4.74 Å². The van der Waals surface area contributed by atoms with E-state index in [1.807, 2.05) is 0 Å². The zero-order valence-electron chi connectivity index (χ0n) is 11.7. The second-order valence-corrected chi connectivity index (χ2v) is 6.10. The van der Waals surface area contributed by atoms with Gasteiger partial charge in [-0.1, -0.05) is 27.7 Å². The average Bonchev–Trinajstić information content (AvgIpc) is 2.49. The van der Waals surface area contributed by atoms with Crippen LogP contribution in [-0.4, -0.2) is 15.6 Å². The highest BCUT2D eigenvalue weighted by atomic mass is 16.5. The minimum Gasteiger partial charge on any atom is -0.471 e. The number of hydrogen-bond acceptors (Lipinski definition) is 3. The zero-order valence-corrected chi connectivity index (χ0v) is 11.7. The molecule has 0 saturated heterocycles. The van der Waals surface area contributed by atoms with Gasteiger partial charge in [0.15, 0.2) is 0 Å². The smallest absolute Gasteiger partial charge is 0.220 e. The minimum atomic E-state index is -0.143. The van der Waals surface area contributed by atoms with E-state index >= 15 is 0 Å². The monoisotopic (exact) mass is 234 g/mol. The molecular formula is C14H22N2O. The summed E-state index contributed by atoms with van der Waals surface area (Å²) < 4.78 is 5.92. The summed E-state index contributed by atoms with van der Waals surface area (Å²) in [5, 5.41) is 0. The summed E-state index contributed by atoms with van der Waals surface area (Å²) in [6, 6.07) is 0. The summed E-state index contributed by atoms with van der Waals surface area (Å²) in [5.74, 6) is 2.45. The van der Waals surface area contributed by atoms with Gasteiger partial charge in [0.05, 0.1) is 5.69 Å². The maximum absolute atomic E-state index is 5.92. The minimum absolute atomic E-state index is 0.143. The molecule has 17 heavy (non-hydrogen) atoms. The second kappa shape index (κ2) is 3.97. The quantitative estimate of drug-likeness (QED) is 0.786. The third-order valence-corrected chi connectivity index (χ3v) is 3.06. The van der Waals surface area contributed by atoms with Crippen molar-refractivity contribution in [3.05, 3.63) is 17.1 Å². The summed E-state index contributed by atoms with van der Waals surface area (Å²) in [5.41, 5.74) is 2.22. The summed E-state index contributed by atoms with van der Waals surface area (Å²) in [4.78, 5) is 9.28. The van der Waals surface area contributed by atoms with Gasteiger partial charge in [0, 0.05) is 17.9 Å². The average molecular weight is 234 g/mol. The van der Waals surface area contributed by atoms with Gasteiger partial charge >= 0.3 is 0 Å². The highest BCUT2D eigenvalue weighted by Gasteiger charge is 2.35. The number of nitrogens with zero attached hydrogens (tertiary/aromatic N) is 2. The van der Waals surface area contributed by atoms with E-state index in [0.29, 0.717) is 11.8 Å². The van der Waals surface area contributed by atoms with Gasteiger partial charge in [-0.05, 0) is 19.8 Å². The normalized spacial score (nSPS) is 17.4. The number of hydrogen-bond donors (Lipinski definition) is 0. The summed E-state index contributed by atoms with van der Waals surface area (Å²) in [6.07, 6.45) is 0.911. The summed E-state index contributed by atoms with van der Waals surface area (Å²) >= 11 is 0. The molecule has 2 heterocycles. The lowest BCUT2D eigenvalue weighted by atomic mass is 9.96. The molecule has 0 aliphatic carbocycles. The van der Waals surface area contributed by atoms with Crippen LogP contribution in [0.3, 0.4) is 0 Å². The Balaban J connectivity index is 2.54. The molecule has 1 aliphatic heterocycles. The SMILES string of the molecule is CC(C)c1nc2c(c(C(C)C)n1)CC(C)(C)O2. The molecule has 0 atom stereocenters. The van der Waals surface area contributed by atoms with Gasteiger partial charge in [0.2, 0.25) is 5.88 Å². The van der Waals surface area contributed by atoms with Crippen molar-refractivity contribution in [3.8, 4) is 5.88 Å². The lowest BCUT2D eigenvalue weighted by Crippen LogP contribution is -2.25. The largest absolute Gasteiger partial charge is 0.471 e. The molecule has 1 aliphatic rings. The zero-order chi connectivity index (χ0) is 12.8. The molecule has 3 nitrogen and oxygen atoms in total. The Labute approximate surface area is 104 Å². The highest BCUT2D eigenvalue weighted by molar-refractivity contribution is 5.38. The van der Waals surface area contributed by atoms with E-state index in [1.54, 1.807) is 0 Å². The molecule has 1 aromatic heterocycles. The van der Waals surface area contributed by atoms with Crippen LogP contribution in [0, 0.1) is 0 Å². The first-order valence-electron chi connectivity index (χ1n) is 6.40. The number of aromatic nitrogens is 2. The Bertz CT molecular complexity index is 436. The van der Waals surface area contributed by atoms with E-state index < -0.39 is 0 Å². The van der Waals surface area contributed by atoms with Crippen molar-refractivity contribution in [1.29, 1.82) is 0 Å². The van der Waals surface area contributed by atoms with Gasteiger partial charge in [0.25, 0.3) is 0 Å². The standard InChI is InChI=1S/C14H22N2O/c1-8(2)11-10-7-14(5,6)17-13(10)16-12(15-11)9(3)4/h8-9H,7H2,1-6H3. The molecule has 3 heteroatoms. The number of rotatable bonds is 2. The van der Waals surface area contributed by atoms with Crippen LogP contribution in [0.25, 0.3) is 0 Å². The predicted octanol–water partition coefficient (Wildman–Crippen LogP) is 3.44. The van der Waals surface area contributed by atoms with Gasteiger partial charge in [-0.3, -0.25) is 0 Å². The van der Waals surface area contributed by atoms with Crippen molar-refractivity contribution in [2.45, 2.75) is 65.4 Å². The molecule has 1 aromatic rings. The molecule has 0 aromatic carbocycles. The first kappa shape index (κ1) is 12.3. The second-order valence-electron chi connectivity index (χ2n) is 6.10. The third kappa shape index (κ3) is 2.28. The fraction of sp³-hybridized carbons (Fsp3) is 0.714. The van der Waals surface area contributed by atoms with Crippen LogP contribution >= 0.6 is 0 Å². The Morgan fingerprint density at radius 3 is 2.24 bits per heavy atom. The third-order valence-electron chi connectivity index (χ3n) is 3.06. The van der Waals surface area contributed by atoms with Crippen molar-refractivity contribution in [2.75, 3.05) is 0 Å². The van der Waals surface area contributed by atoms with Crippen LogP contribution in [-0.2, 0) is 6.42 Å². The topological polar surface area (TPSA) is 35.0 Å². The van der Waals surface area contributed by atoms with Crippen LogP contribution in [0.15, 0.2) is 0 Å². The molecule has 0 bridgehead atoms. The van der Waals surface area contributed by atoms with Crippen molar-refractivity contribution in [3.63, 3.8) is 0 Å². The molecule has 0 unspecified atom stereocenters. The van der Waals surface area contributed by atoms with Gasteiger partial charge in [-0.15, -0.1) is 0 Å². The van der Waals surface area contributed by atoms with E-state index in [2.05, 4.69) is 46.5 Å². The van der Waals surface area contributed by atoms with Crippen molar-refractivity contribution in [2.24, 2.45) is 0 Å². The molecule has 0 fully saturated rings. The Morgan fingerprint density at radius 2 is 1.71 bits per heavy atom. The van der Waals surface area contributed by atoms with Crippen molar-refractivity contribution >= 4 is 0 Å². The van der Waals surface area contributed by atoms with Gasteiger partial charge in [0.1, 0.15) is 11.4 Å². The molecule has 0 radical (unpaired) electrons. The predicted molar refractivity (Wildman–Crippen MR) is 68.6 cm³/mol. The molecule has 0 saturated carbocycles. The molecule has 0 N–H and O–H groups in total. The Hall–Kier alpha value is -1.12. The number of ether oxygens (including phenoxy) is 1. The molecule has 0 amide bonds. The first-order chi connectivity index (χ1) is 7.80. The summed E-state index contributed by atoms with van der Waals surface area (Å²) in [7, 11) is 0. The maximum atomic E-state index is 5.92. The molecule has 94 valence electrons. The van der Waals surface area contributed by atoms with Crippen LogP contribution in [0.5, 0.6) is 5.88 Å². The van der Waals surface area contributed by atoms with Crippen LogP contribution in [0.2, 0.25) is 0 Å². The Kier molecular flexibility index (Phi) is 2.88. The number of fused-ring (bicyclic) bond motifs is 1. The Morgan fingerprint density at radius 1 is 1.06 bits per heavy atom. The van der Waals surface area contributed by atoms with E-state index in [-0.39, 0.29) is 5.60 Å². The van der Waals surface area contributed by atoms with E-state index in [1.165, 1.54) is 5.56 Å². The first-order valence-corrected chi connectivity index (χ1v) is 6.40. The lowest BCUT2D eigenvalue weighted by Gasteiger charge is -2.16. The van der Waals surface area contributed by atoms with Crippen LogP contribution in [0.1, 0.15) is 70.5 Å².